The van der Waals surface area contributed by atoms with Crippen LogP contribution in [0.1, 0.15) is 62.1 Å². The van der Waals surface area contributed by atoms with Gasteiger partial charge in [0.2, 0.25) is 0 Å². The number of anilines is 1. The van der Waals surface area contributed by atoms with Gasteiger partial charge in [0, 0.05) is 29.2 Å². The van der Waals surface area contributed by atoms with Crippen LogP contribution >= 0.6 is 11.8 Å². The van der Waals surface area contributed by atoms with E-state index in [1.165, 1.54) is 46.4 Å². The molecule has 0 bridgehead atoms. The summed E-state index contributed by atoms with van der Waals surface area (Å²) >= 11 is 1.62. The van der Waals surface area contributed by atoms with E-state index in [-0.39, 0.29) is 11.8 Å². The summed E-state index contributed by atoms with van der Waals surface area (Å²) in [6, 6.07) is 19.2. The van der Waals surface area contributed by atoms with E-state index >= 15 is 0 Å². The number of hydrogen-bond acceptors (Lipinski definition) is 5. The normalized spacial score (nSPS) is 16.3. The number of halogens is 3. The number of nitrogens with zero attached hydrogens (tertiary/aromatic N) is 5. The Morgan fingerprint density at radius 3 is 2.47 bits per heavy atom. The van der Waals surface area contributed by atoms with Crippen molar-refractivity contribution in [3.63, 3.8) is 0 Å². The number of amidine groups is 1. The van der Waals surface area contributed by atoms with Crippen LogP contribution in [0.25, 0.3) is 22.6 Å². The van der Waals surface area contributed by atoms with Crippen LogP contribution in [0.3, 0.4) is 0 Å². The first kappa shape index (κ1) is 32.4. The summed E-state index contributed by atoms with van der Waals surface area (Å²) in [5.74, 6) is 1.43. The van der Waals surface area contributed by atoms with Crippen LogP contribution in [0.15, 0.2) is 83.7 Å². The number of carbonyl (C=O) groups is 1. The maximum absolute atomic E-state index is 13.3. The van der Waals surface area contributed by atoms with E-state index in [9.17, 15) is 18.0 Å². The van der Waals surface area contributed by atoms with Crippen LogP contribution in [0.4, 0.5) is 23.7 Å². The molecule has 2 aliphatic rings. The summed E-state index contributed by atoms with van der Waals surface area (Å²) in [5.41, 5.74) is 7.94. The Morgan fingerprint density at radius 2 is 1.74 bits per heavy atom. The van der Waals surface area contributed by atoms with Crippen LogP contribution in [0.2, 0.25) is 0 Å². The molecule has 1 aliphatic heterocycles. The zero-order valence-corrected chi connectivity index (χ0v) is 27.2. The van der Waals surface area contributed by atoms with Gasteiger partial charge in [0.15, 0.2) is 11.0 Å². The highest BCUT2D eigenvalue weighted by molar-refractivity contribution is 8.14. The Labute approximate surface area is 275 Å². The van der Waals surface area contributed by atoms with Crippen molar-refractivity contribution >= 4 is 34.2 Å². The third kappa shape index (κ3) is 7.54. The summed E-state index contributed by atoms with van der Waals surface area (Å²) in [7, 11) is 0. The third-order valence-electron chi connectivity index (χ3n) is 8.15. The van der Waals surface area contributed by atoms with E-state index < -0.39 is 6.36 Å². The highest BCUT2D eigenvalue weighted by Gasteiger charge is 2.31. The second-order valence-corrected chi connectivity index (χ2v) is 12.8. The highest BCUT2D eigenvalue weighted by Crippen LogP contribution is 2.36. The highest BCUT2D eigenvalue weighted by atomic mass is 32.2. The SMILES string of the molecule is Cc1cccc(N2CCCSC2=NC(=O)NC2=C(c3ccc(-c4ncn(-c5ccc(OC(F)(F)F)cc5)n4)cc3)CCC2)c1C(C)C. The first-order valence-electron chi connectivity index (χ1n) is 15.6. The largest absolute Gasteiger partial charge is 0.573 e. The molecule has 0 spiro atoms. The summed E-state index contributed by atoms with van der Waals surface area (Å²) in [6.07, 6.45) is 0.313. The topological polar surface area (TPSA) is 84.6 Å². The maximum Gasteiger partial charge on any atom is 0.573 e. The molecule has 0 atom stereocenters. The molecule has 12 heteroatoms. The van der Waals surface area contributed by atoms with Crippen molar-refractivity contribution in [1.29, 1.82) is 0 Å². The molecule has 1 saturated heterocycles. The lowest BCUT2D eigenvalue weighted by Gasteiger charge is -2.32. The Balaban J connectivity index is 1.16. The Kier molecular flexibility index (Phi) is 9.40. The molecule has 47 heavy (non-hydrogen) atoms. The monoisotopic (exact) mass is 660 g/mol. The van der Waals surface area contributed by atoms with Gasteiger partial charge in [-0.15, -0.1) is 18.3 Å². The van der Waals surface area contributed by atoms with Crippen LogP contribution in [-0.2, 0) is 0 Å². The van der Waals surface area contributed by atoms with Gasteiger partial charge < -0.3 is 15.0 Å². The fraction of sp³-hybridized carbons (Fsp3) is 0.314. The van der Waals surface area contributed by atoms with Gasteiger partial charge in [0.05, 0.1) is 5.69 Å². The molecule has 1 N–H and O–H groups in total. The lowest BCUT2D eigenvalue weighted by atomic mass is 9.95. The van der Waals surface area contributed by atoms with E-state index in [2.05, 4.69) is 69.0 Å². The number of amides is 2. The van der Waals surface area contributed by atoms with Gasteiger partial charge in [0.1, 0.15) is 12.1 Å². The standard InChI is InChI=1S/C35H35F3N6O2S/c1-22(2)31-23(3)7-4-10-30(31)43-19-6-20-47-34(43)41-33(45)40-29-9-5-8-28(29)24-11-13-25(14-12-24)32-39-21-44(42-32)26-15-17-27(18-16-26)46-35(36,37)38/h4,7,10-18,21-22H,5-6,8-9,19-20H2,1-3H3,(H,40,45). The lowest BCUT2D eigenvalue weighted by Crippen LogP contribution is -2.36. The van der Waals surface area contributed by atoms with Crippen molar-refractivity contribution < 1.29 is 22.7 Å². The number of aliphatic imine (C=N–C) groups is 1. The second kappa shape index (κ2) is 13.6. The molecule has 0 radical (unpaired) electrons. The summed E-state index contributed by atoms with van der Waals surface area (Å²) in [5, 5.41) is 8.31. The number of nitrogens with one attached hydrogen (secondary N) is 1. The van der Waals surface area contributed by atoms with Crippen molar-refractivity contribution in [2.75, 3.05) is 17.2 Å². The number of aryl methyl sites for hydroxylation is 1. The molecule has 2 heterocycles. The van der Waals surface area contributed by atoms with Crippen molar-refractivity contribution in [3.8, 4) is 22.8 Å². The van der Waals surface area contributed by atoms with Gasteiger partial charge in [-0.05, 0) is 91.1 Å². The van der Waals surface area contributed by atoms with Gasteiger partial charge >= 0.3 is 12.4 Å². The van der Waals surface area contributed by atoms with E-state index in [1.807, 2.05) is 24.3 Å². The Morgan fingerprint density at radius 1 is 1.00 bits per heavy atom. The van der Waals surface area contributed by atoms with Crippen LogP contribution in [-0.4, -0.2) is 44.6 Å². The van der Waals surface area contributed by atoms with Gasteiger partial charge in [-0.1, -0.05) is 62.0 Å². The summed E-state index contributed by atoms with van der Waals surface area (Å²) in [6.45, 7) is 7.34. The van der Waals surface area contributed by atoms with E-state index in [0.29, 0.717) is 17.4 Å². The first-order valence-corrected chi connectivity index (χ1v) is 16.5. The zero-order chi connectivity index (χ0) is 33.1. The average Bonchev–Trinajstić information content (AvgIpc) is 3.71. The predicted molar refractivity (Wildman–Crippen MR) is 180 cm³/mol. The minimum atomic E-state index is -4.75. The molecule has 0 saturated carbocycles. The number of allylic oxidation sites excluding steroid dienone is 2. The number of carbonyl (C=O) groups excluding carboxylic acids is 1. The number of urea groups is 1. The van der Waals surface area contributed by atoms with E-state index in [4.69, 9.17) is 0 Å². The van der Waals surface area contributed by atoms with E-state index in [0.717, 1.165) is 71.2 Å². The minimum absolute atomic E-state index is 0.307. The van der Waals surface area contributed by atoms with Gasteiger partial charge in [-0.3, -0.25) is 0 Å². The summed E-state index contributed by atoms with van der Waals surface area (Å²) < 4.78 is 42.9. The second-order valence-electron chi connectivity index (χ2n) is 11.8. The van der Waals surface area contributed by atoms with Crippen molar-refractivity contribution in [2.24, 2.45) is 4.99 Å². The minimum Gasteiger partial charge on any atom is -0.406 e. The van der Waals surface area contributed by atoms with E-state index in [1.54, 1.807) is 11.8 Å². The zero-order valence-electron chi connectivity index (χ0n) is 26.3. The Bertz CT molecular complexity index is 1810. The van der Waals surface area contributed by atoms with Crippen LogP contribution < -0.4 is 15.0 Å². The number of ether oxygens (including phenoxy) is 1. The third-order valence-corrected chi connectivity index (χ3v) is 9.21. The number of aromatic nitrogens is 3. The molecule has 244 valence electrons. The molecule has 0 unspecified atom stereocenters. The number of rotatable bonds is 7. The van der Waals surface area contributed by atoms with Gasteiger partial charge in [0.25, 0.3) is 0 Å². The molecule has 8 nitrogen and oxygen atoms in total. The van der Waals surface area contributed by atoms with Gasteiger partial charge in [-0.25, -0.2) is 14.5 Å². The molecule has 3 aromatic carbocycles. The molecule has 4 aromatic rings. The number of benzene rings is 3. The average molecular weight is 661 g/mol. The number of hydrogen-bond donors (Lipinski definition) is 1. The quantitative estimate of drug-likeness (QED) is 0.213. The lowest BCUT2D eigenvalue weighted by molar-refractivity contribution is -0.274. The first-order chi connectivity index (χ1) is 22.6. The molecule has 2 amide bonds. The van der Waals surface area contributed by atoms with Gasteiger partial charge in [-0.2, -0.15) is 4.99 Å². The fourth-order valence-corrected chi connectivity index (χ4v) is 7.06. The number of alkyl halides is 3. The molecule has 1 aliphatic carbocycles. The molecule has 1 aromatic heterocycles. The maximum atomic E-state index is 13.3. The molecule has 1 fully saturated rings. The van der Waals surface area contributed by atoms with Crippen LogP contribution in [0.5, 0.6) is 5.75 Å². The van der Waals surface area contributed by atoms with Crippen molar-refractivity contribution in [3.05, 3.63) is 95.4 Å². The Hall–Kier alpha value is -4.58. The number of thioether (sulfide) groups is 1. The van der Waals surface area contributed by atoms with Crippen molar-refractivity contribution in [1.82, 2.24) is 20.1 Å². The van der Waals surface area contributed by atoms with Crippen molar-refractivity contribution in [2.45, 2.75) is 58.7 Å². The fourth-order valence-electron chi connectivity index (χ4n) is 6.11. The van der Waals surface area contributed by atoms with Crippen LogP contribution in [0, 0.1) is 6.92 Å². The molecular weight excluding hydrogens is 625 g/mol. The molecular formula is C35H35F3N6O2S. The smallest absolute Gasteiger partial charge is 0.406 e. The predicted octanol–water partition coefficient (Wildman–Crippen LogP) is 8.87. The summed E-state index contributed by atoms with van der Waals surface area (Å²) in [4.78, 5) is 24.4. The molecule has 6 rings (SSSR count).